The van der Waals surface area contributed by atoms with E-state index < -0.39 is 66.8 Å². The summed E-state index contributed by atoms with van der Waals surface area (Å²) in [5.41, 5.74) is 16.0. The van der Waals surface area contributed by atoms with Crippen LogP contribution in [0.2, 0.25) is 0 Å². The smallest absolute Gasteiger partial charge is 0.326 e. The Morgan fingerprint density at radius 3 is 1.88 bits per heavy atom. The van der Waals surface area contributed by atoms with Gasteiger partial charge in [0.15, 0.2) is 0 Å². The Hall–Kier alpha value is -2.77. The molecule has 11 N–H and O–H groups in total. The largest absolute Gasteiger partial charge is 0.480 e. The Kier molecular flexibility index (Phi) is 13.8. The third-order valence-electron chi connectivity index (χ3n) is 4.48. The van der Waals surface area contributed by atoms with Crippen LogP contribution < -0.4 is 33.2 Å². The van der Waals surface area contributed by atoms with Crippen molar-refractivity contribution in [1.82, 2.24) is 16.0 Å². The zero-order chi connectivity index (χ0) is 24.8. The molecule has 13 nitrogen and oxygen atoms in total. The number of nitrogens with two attached hydrogens (primary N) is 3. The summed E-state index contributed by atoms with van der Waals surface area (Å²) in [6.07, 6.45) is 0.947. The minimum Gasteiger partial charge on any atom is -0.480 e. The van der Waals surface area contributed by atoms with Crippen molar-refractivity contribution >= 4 is 29.6 Å². The van der Waals surface area contributed by atoms with Crippen LogP contribution in [0.3, 0.4) is 0 Å². The zero-order valence-corrected chi connectivity index (χ0v) is 18.5. The van der Waals surface area contributed by atoms with Gasteiger partial charge in [-0.3, -0.25) is 19.2 Å². The van der Waals surface area contributed by atoms with Gasteiger partial charge in [-0.2, -0.15) is 0 Å². The topological polar surface area (TPSA) is 240 Å². The van der Waals surface area contributed by atoms with Crippen molar-refractivity contribution < 1.29 is 34.2 Å². The Morgan fingerprint density at radius 1 is 0.875 bits per heavy atom. The maximum atomic E-state index is 12.7. The molecule has 0 aromatic rings. The predicted octanol–water partition coefficient (Wildman–Crippen LogP) is -3.10. The number of primary amides is 1. The molecule has 0 aliphatic carbocycles. The number of hydrogen-bond donors (Lipinski definition) is 8. The number of nitrogens with one attached hydrogen (secondary N) is 3. The summed E-state index contributed by atoms with van der Waals surface area (Å²) < 4.78 is 0. The number of hydrogen-bond acceptors (Lipinski definition) is 8. The molecule has 0 spiro atoms. The van der Waals surface area contributed by atoms with Gasteiger partial charge < -0.3 is 43.4 Å². The van der Waals surface area contributed by atoms with Crippen LogP contribution in [0.5, 0.6) is 0 Å². The molecule has 184 valence electrons. The van der Waals surface area contributed by atoms with Gasteiger partial charge in [-0.25, -0.2) is 4.79 Å². The van der Waals surface area contributed by atoms with E-state index in [9.17, 15) is 34.2 Å². The van der Waals surface area contributed by atoms with E-state index in [1.54, 1.807) is 13.8 Å². The molecule has 0 aromatic carbocycles. The van der Waals surface area contributed by atoms with Crippen LogP contribution in [0.4, 0.5) is 0 Å². The van der Waals surface area contributed by atoms with Crippen molar-refractivity contribution in [2.24, 2.45) is 23.1 Å². The number of aliphatic carboxylic acids is 1. The van der Waals surface area contributed by atoms with E-state index in [1.807, 2.05) is 0 Å². The van der Waals surface area contributed by atoms with Crippen LogP contribution in [0.25, 0.3) is 0 Å². The summed E-state index contributed by atoms with van der Waals surface area (Å²) in [5.74, 6) is -4.52. The first-order valence-corrected chi connectivity index (χ1v) is 10.4. The molecule has 0 fully saturated rings. The molecule has 4 unspecified atom stereocenters. The van der Waals surface area contributed by atoms with Crippen LogP contribution in [0, 0.1) is 5.92 Å². The number of aliphatic hydroxyl groups is 1. The molecule has 0 aliphatic heterocycles. The minimum absolute atomic E-state index is 0.0428. The van der Waals surface area contributed by atoms with Gasteiger partial charge in [-0.15, -0.1) is 0 Å². The van der Waals surface area contributed by atoms with Gasteiger partial charge in [0.05, 0.1) is 19.1 Å². The highest BCUT2D eigenvalue weighted by Crippen LogP contribution is 2.07. The van der Waals surface area contributed by atoms with Crippen molar-refractivity contribution in [2.75, 3.05) is 13.2 Å². The quantitative estimate of drug-likeness (QED) is 0.109. The van der Waals surface area contributed by atoms with E-state index in [1.165, 1.54) is 0 Å². The van der Waals surface area contributed by atoms with E-state index in [-0.39, 0.29) is 18.8 Å². The second-order valence-electron chi connectivity index (χ2n) is 7.90. The molecule has 0 aromatic heterocycles. The lowest BCUT2D eigenvalue weighted by Gasteiger charge is -2.25. The maximum Gasteiger partial charge on any atom is 0.326 e. The van der Waals surface area contributed by atoms with Crippen molar-refractivity contribution in [1.29, 1.82) is 0 Å². The Labute approximate surface area is 186 Å². The summed E-state index contributed by atoms with van der Waals surface area (Å²) in [6, 6.07) is -5.01. The lowest BCUT2D eigenvalue weighted by atomic mass is 10.0. The van der Waals surface area contributed by atoms with Crippen molar-refractivity contribution in [2.45, 2.75) is 70.1 Å². The van der Waals surface area contributed by atoms with Crippen LogP contribution in [0.1, 0.15) is 46.0 Å². The maximum absolute atomic E-state index is 12.7. The van der Waals surface area contributed by atoms with E-state index >= 15 is 0 Å². The fraction of sp³-hybridized carbons (Fsp3) is 0.737. The predicted molar refractivity (Wildman–Crippen MR) is 115 cm³/mol. The first-order valence-electron chi connectivity index (χ1n) is 10.4. The molecule has 0 rings (SSSR count). The number of rotatable bonds is 16. The normalized spacial score (nSPS) is 14.7. The number of carbonyl (C=O) groups excluding carboxylic acids is 4. The number of carboxylic acids is 1. The van der Waals surface area contributed by atoms with E-state index in [4.69, 9.17) is 17.2 Å². The third kappa shape index (κ3) is 11.6. The number of unbranched alkanes of at least 4 members (excludes halogenated alkanes) is 1. The molecular weight excluding hydrogens is 424 g/mol. The highest BCUT2D eigenvalue weighted by Gasteiger charge is 2.30. The van der Waals surface area contributed by atoms with Crippen molar-refractivity contribution in [3.05, 3.63) is 0 Å². The standard InChI is InChI=1S/C19H36N6O7/c1-10(2)7-13(24-16(28)11(21)8-15(22)27)17(29)25-14(9-26)18(30)23-12(19(31)32)5-3-4-6-20/h10-14,26H,3-9,20-21H2,1-2H3,(H2,22,27)(H,23,30)(H,24,28)(H,25,29)(H,31,32). The highest BCUT2D eigenvalue weighted by atomic mass is 16.4. The van der Waals surface area contributed by atoms with Gasteiger partial charge in [-0.05, 0) is 38.1 Å². The minimum atomic E-state index is -1.44. The molecule has 4 atom stereocenters. The summed E-state index contributed by atoms with van der Waals surface area (Å²) in [4.78, 5) is 59.6. The van der Waals surface area contributed by atoms with Gasteiger partial charge in [0.1, 0.15) is 18.1 Å². The Balaban J connectivity index is 5.19. The van der Waals surface area contributed by atoms with Crippen LogP contribution in [0.15, 0.2) is 0 Å². The van der Waals surface area contributed by atoms with Gasteiger partial charge in [0.2, 0.25) is 23.6 Å². The van der Waals surface area contributed by atoms with Gasteiger partial charge >= 0.3 is 5.97 Å². The number of aliphatic hydroxyl groups excluding tert-OH is 1. The van der Waals surface area contributed by atoms with Crippen molar-refractivity contribution in [3.63, 3.8) is 0 Å². The van der Waals surface area contributed by atoms with Crippen LogP contribution >= 0.6 is 0 Å². The Bertz CT molecular complexity index is 658. The molecule has 32 heavy (non-hydrogen) atoms. The average molecular weight is 461 g/mol. The molecule has 0 radical (unpaired) electrons. The van der Waals surface area contributed by atoms with Gasteiger partial charge in [0, 0.05) is 0 Å². The number of carboxylic acid groups (broad SMARTS) is 1. The fourth-order valence-corrected chi connectivity index (χ4v) is 2.78. The molecule has 0 bridgehead atoms. The molecule has 0 saturated carbocycles. The Morgan fingerprint density at radius 2 is 1.41 bits per heavy atom. The molecular formula is C19H36N6O7. The summed E-state index contributed by atoms with van der Waals surface area (Å²) in [5, 5.41) is 25.8. The second-order valence-corrected chi connectivity index (χ2v) is 7.90. The molecule has 0 saturated heterocycles. The van der Waals surface area contributed by atoms with Gasteiger partial charge in [-0.1, -0.05) is 13.8 Å². The summed E-state index contributed by atoms with van der Waals surface area (Å²) in [7, 11) is 0. The van der Waals surface area contributed by atoms with E-state index in [2.05, 4.69) is 16.0 Å². The monoisotopic (exact) mass is 460 g/mol. The third-order valence-corrected chi connectivity index (χ3v) is 4.48. The van der Waals surface area contributed by atoms with Crippen molar-refractivity contribution in [3.8, 4) is 0 Å². The summed E-state index contributed by atoms with van der Waals surface area (Å²) >= 11 is 0. The van der Waals surface area contributed by atoms with Crippen LogP contribution in [-0.2, 0) is 24.0 Å². The molecule has 0 aliphatic rings. The average Bonchev–Trinajstić information content (AvgIpc) is 2.69. The molecule has 4 amide bonds. The van der Waals surface area contributed by atoms with E-state index in [0.717, 1.165) is 0 Å². The fourth-order valence-electron chi connectivity index (χ4n) is 2.78. The van der Waals surface area contributed by atoms with E-state index in [0.29, 0.717) is 19.4 Å². The lowest BCUT2D eigenvalue weighted by molar-refractivity contribution is -0.142. The zero-order valence-electron chi connectivity index (χ0n) is 18.5. The second kappa shape index (κ2) is 15.1. The van der Waals surface area contributed by atoms with Crippen LogP contribution in [-0.4, -0.2) is 77.1 Å². The molecule has 0 heterocycles. The van der Waals surface area contributed by atoms with Gasteiger partial charge in [0.25, 0.3) is 0 Å². The first kappa shape index (κ1) is 29.2. The number of amides is 4. The SMILES string of the molecule is CC(C)CC(NC(=O)C(N)CC(N)=O)C(=O)NC(CO)C(=O)NC(CCCCN)C(=O)O. The molecule has 13 heteroatoms. The first-order chi connectivity index (χ1) is 14.9. The lowest BCUT2D eigenvalue weighted by Crippen LogP contribution is -2.58. The summed E-state index contributed by atoms with van der Waals surface area (Å²) in [6.45, 7) is 3.17. The number of carbonyl (C=O) groups is 5. The highest BCUT2D eigenvalue weighted by molar-refractivity contribution is 5.95.